The number of thioether (sulfide) groups is 1. The molecule has 4 aliphatic rings. The quantitative estimate of drug-likeness (QED) is 0.317. The lowest BCUT2D eigenvalue weighted by Gasteiger charge is -2.39. The number of methoxy groups -OCH3 is 1. The number of nitrogens with two attached hydrogens (primary N) is 2. The van der Waals surface area contributed by atoms with E-state index in [4.69, 9.17) is 20.9 Å². The summed E-state index contributed by atoms with van der Waals surface area (Å²) in [6, 6.07) is 9.64. The molecule has 0 unspecified atom stereocenters. The molecular formula is C21H22N4O5S. The third kappa shape index (κ3) is 2.82. The van der Waals surface area contributed by atoms with E-state index in [0.29, 0.717) is 12.2 Å². The number of piperazine rings is 1. The Hall–Kier alpha value is -2.82. The fourth-order valence-electron chi connectivity index (χ4n) is 5.06. The summed E-state index contributed by atoms with van der Waals surface area (Å²) < 4.78 is 11.0. The molecule has 2 fully saturated rings. The number of nitrogens with one attached hydrogen (secondary N) is 1. The Balaban J connectivity index is 1.51. The molecule has 1 amide bonds. The first kappa shape index (κ1) is 20.1. The van der Waals surface area contributed by atoms with Gasteiger partial charge in [0.1, 0.15) is 6.61 Å². The fourth-order valence-corrected chi connectivity index (χ4v) is 6.00. The minimum absolute atomic E-state index is 0.0658. The molecule has 0 saturated carbocycles. The Morgan fingerprint density at radius 3 is 2.71 bits per heavy atom. The standard InChI is InChI=1S/C21H22N4O5S/c1-29-21-12(8-30-20(23)28)14-16(25(21)7-13-19(21)24-13)17(26)11(15(22)18(14)27)9-31-10-5-3-2-4-6-10/h2-6,12-13,19,24H,7-9,22H2,1H3,(H2,23,28)/t12-,13+,19+,21-/m1/s1. The van der Waals surface area contributed by atoms with Gasteiger partial charge in [-0.05, 0) is 12.1 Å². The van der Waals surface area contributed by atoms with Crippen LogP contribution in [0.4, 0.5) is 4.79 Å². The number of carbonyl (C=O) groups excluding carboxylic acids is 3. The second kappa shape index (κ2) is 7.11. The molecule has 31 heavy (non-hydrogen) atoms. The molecule has 3 heterocycles. The highest BCUT2D eigenvalue weighted by Crippen LogP contribution is 2.55. The molecule has 5 rings (SSSR count). The highest BCUT2D eigenvalue weighted by molar-refractivity contribution is 7.99. The first-order chi connectivity index (χ1) is 14.9. The number of carbonyl (C=O) groups is 3. The molecule has 162 valence electrons. The maximum atomic E-state index is 13.6. The van der Waals surface area contributed by atoms with Gasteiger partial charge in [0.2, 0.25) is 11.6 Å². The normalized spacial score (nSPS) is 31.0. The number of ketones is 2. The first-order valence-corrected chi connectivity index (χ1v) is 10.9. The summed E-state index contributed by atoms with van der Waals surface area (Å²) >= 11 is 1.44. The zero-order chi connectivity index (χ0) is 21.9. The third-order valence-corrected chi connectivity index (χ3v) is 7.49. The van der Waals surface area contributed by atoms with Crippen LogP contribution in [0.25, 0.3) is 0 Å². The zero-order valence-electron chi connectivity index (χ0n) is 16.8. The number of benzene rings is 1. The lowest BCUT2D eigenvalue weighted by atomic mass is 9.82. The molecule has 4 atom stereocenters. The van der Waals surface area contributed by atoms with Gasteiger partial charge in [-0.1, -0.05) is 18.2 Å². The van der Waals surface area contributed by atoms with Crippen LogP contribution in [-0.2, 0) is 19.1 Å². The van der Waals surface area contributed by atoms with Crippen molar-refractivity contribution in [1.29, 1.82) is 0 Å². The summed E-state index contributed by atoms with van der Waals surface area (Å²) in [6.45, 7) is 0.340. The largest absolute Gasteiger partial charge is 0.449 e. The molecule has 1 aliphatic carbocycles. The maximum Gasteiger partial charge on any atom is 0.404 e. The van der Waals surface area contributed by atoms with E-state index in [9.17, 15) is 14.4 Å². The SMILES string of the molecule is CO[C@@]12[C@H](COC(N)=O)C3=C(C(=O)C(CSc4ccccc4)=C(N)C3=O)N1C[C@@H]1N[C@@H]12. The average Bonchev–Trinajstić information content (AvgIpc) is 3.37. The van der Waals surface area contributed by atoms with Crippen LogP contribution in [-0.4, -0.2) is 66.4 Å². The first-order valence-electron chi connectivity index (χ1n) is 9.91. The van der Waals surface area contributed by atoms with Crippen LogP contribution in [0.1, 0.15) is 0 Å². The summed E-state index contributed by atoms with van der Waals surface area (Å²) in [4.78, 5) is 41.1. The molecule has 2 saturated heterocycles. The summed E-state index contributed by atoms with van der Waals surface area (Å²) in [5.41, 5.74) is 11.1. The van der Waals surface area contributed by atoms with E-state index in [1.807, 2.05) is 35.2 Å². The molecule has 0 aromatic heterocycles. The molecule has 1 aromatic carbocycles. The number of fused-ring (bicyclic) bond motifs is 4. The smallest absolute Gasteiger partial charge is 0.404 e. The van der Waals surface area contributed by atoms with Crippen LogP contribution in [0.3, 0.4) is 0 Å². The number of nitrogens with zero attached hydrogens (tertiary/aromatic N) is 1. The lowest BCUT2D eigenvalue weighted by Crippen LogP contribution is -2.55. The number of amides is 1. The van der Waals surface area contributed by atoms with E-state index >= 15 is 0 Å². The second-order valence-corrected chi connectivity index (χ2v) is 8.96. The van der Waals surface area contributed by atoms with Crippen molar-refractivity contribution in [3.8, 4) is 0 Å². The van der Waals surface area contributed by atoms with Crippen LogP contribution < -0.4 is 16.8 Å². The maximum absolute atomic E-state index is 13.6. The Morgan fingerprint density at radius 2 is 2.03 bits per heavy atom. The van der Waals surface area contributed by atoms with Crippen molar-refractivity contribution in [3.05, 3.63) is 52.9 Å². The minimum Gasteiger partial charge on any atom is -0.449 e. The molecule has 10 heteroatoms. The van der Waals surface area contributed by atoms with Crippen molar-refractivity contribution in [1.82, 2.24) is 10.2 Å². The molecule has 0 radical (unpaired) electrons. The van der Waals surface area contributed by atoms with Crippen molar-refractivity contribution < 1.29 is 23.9 Å². The topological polar surface area (TPSA) is 147 Å². The monoisotopic (exact) mass is 442 g/mol. The van der Waals surface area contributed by atoms with Gasteiger partial charge < -0.3 is 31.2 Å². The van der Waals surface area contributed by atoms with E-state index in [1.54, 1.807) is 0 Å². The lowest BCUT2D eigenvalue weighted by molar-refractivity contribution is -0.137. The number of allylic oxidation sites excluding steroid dienone is 2. The van der Waals surface area contributed by atoms with E-state index in [-0.39, 0.29) is 47.1 Å². The fraction of sp³-hybridized carbons (Fsp3) is 0.381. The van der Waals surface area contributed by atoms with Crippen LogP contribution >= 0.6 is 11.8 Å². The highest BCUT2D eigenvalue weighted by atomic mass is 32.2. The predicted octanol–water partition coefficient (Wildman–Crippen LogP) is 0.121. The number of hydrogen-bond donors (Lipinski definition) is 3. The second-order valence-electron chi connectivity index (χ2n) is 7.91. The van der Waals surface area contributed by atoms with Crippen LogP contribution in [0, 0.1) is 5.92 Å². The summed E-state index contributed by atoms with van der Waals surface area (Å²) in [5.74, 6) is -1.10. The van der Waals surface area contributed by atoms with Gasteiger partial charge in [-0.25, -0.2) is 4.79 Å². The minimum atomic E-state index is -1.00. The molecule has 0 bridgehead atoms. The number of rotatable bonds is 6. The Morgan fingerprint density at radius 1 is 1.29 bits per heavy atom. The number of hydrogen-bond acceptors (Lipinski definition) is 9. The third-order valence-electron chi connectivity index (χ3n) is 6.46. The number of ether oxygens (including phenoxy) is 2. The molecule has 3 aliphatic heterocycles. The van der Waals surface area contributed by atoms with Gasteiger partial charge in [0.05, 0.1) is 23.4 Å². The van der Waals surface area contributed by atoms with Crippen molar-refractivity contribution >= 4 is 29.4 Å². The van der Waals surface area contributed by atoms with Gasteiger partial charge in [0, 0.05) is 41.5 Å². The highest BCUT2D eigenvalue weighted by Gasteiger charge is 2.72. The summed E-state index contributed by atoms with van der Waals surface area (Å²) in [7, 11) is 1.53. The zero-order valence-corrected chi connectivity index (χ0v) is 17.6. The Labute approximate surface area is 182 Å². The summed E-state index contributed by atoms with van der Waals surface area (Å²) in [6.07, 6.45) is -0.955. The van der Waals surface area contributed by atoms with Gasteiger partial charge in [0.15, 0.2) is 5.72 Å². The van der Waals surface area contributed by atoms with E-state index in [2.05, 4.69) is 5.32 Å². The number of Topliss-reactive ketones (excluding diaryl/α,β-unsaturated/α-hetero) is 2. The van der Waals surface area contributed by atoms with Crippen LogP contribution in [0.2, 0.25) is 0 Å². The number of primary amides is 1. The average molecular weight is 442 g/mol. The van der Waals surface area contributed by atoms with E-state index in [1.165, 1.54) is 18.9 Å². The van der Waals surface area contributed by atoms with Gasteiger partial charge in [-0.15, -0.1) is 11.8 Å². The van der Waals surface area contributed by atoms with Gasteiger partial charge in [-0.3, -0.25) is 9.59 Å². The van der Waals surface area contributed by atoms with Crippen molar-refractivity contribution in [2.75, 3.05) is 26.0 Å². The van der Waals surface area contributed by atoms with Crippen molar-refractivity contribution in [3.63, 3.8) is 0 Å². The Bertz CT molecular complexity index is 1060. The molecule has 9 nitrogen and oxygen atoms in total. The molecule has 5 N–H and O–H groups in total. The van der Waals surface area contributed by atoms with Gasteiger partial charge in [0.25, 0.3) is 0 Å². The summed E-state index contributed by atoms with van der Waals surface area (Å²) in [5, 5.41) is 3.32. The van der Waals surface area contributed by atoms with Crippen LogP contribution in [0.5, 0.6) is 0 Å². The molecular weight excluding hydrogens is 420 g/mol. The van der Waals surface area contributed by atoms with Gasteiger partial charge in [-0.2, -0.15) is 0 Å². The molecule has 0 spiro atoms. The predicted molar refractivity (Wildman–Crippen MR) is 112 cm³/mol. The molecule has 1 aromatic rings. The van der Waals surface area contributed by atoms with Crippen molar-refractivity contribution in [2.24, 2.45) is 17.4 Å². The van der Waals surface area contributed by atoms with Gasteiger partial charge >= 0.3 is 6.09 Å². The van der Waals surface area contributed by atoms with Crippen LogP contribution in [0.15, 0.2) is 57.8 Å². The Kier molecular flexibility index (Phi) is 4.61. The van der Waals surface area contributed by atoms with E-state index in [0.717, 1.165) is 4.90 Å². The van der Waals surface area contributed by atoms with Crippen molar-refractivity contribution in [2.45, 2.75) is 22.7 Å². The van der Waals surface area contributed by atoms with E-state index < -0.39 is 23.5 Å².